The molecule has 7 nitrogen and oxygen atoms in total. The molecule has 0 bridgehead atoms. The average molecular weight is 453 g/mol. The molecule has 0 heterocycles. The summed E-state index contributed by atoms with van der Waals surface area (Å²) in [5, 5.41) is 0. The van der Waals surface area contributed by atoms with Gasteiger partial charge in [0, 0.05) is 6.54 Å². The number of rotatable bonds is 9. The molecular weight excluding hydrogens is 428 g/mol. The van der Waals surface area contributed by atoms with Crippen LogP contribution in [0.15, 0.2) is 84.9 Å². The second-order valence-electron chi connectivity index (χ2n) is 7.29. The minimum Gasteiger partial charge on any atom is -0.282 e. The van der Waals surface area contributed by atoms with Crippen LogP contribution < -0.4 is 4.72 Å². The lowest BCUT2D eigenvalue weighted by Crippen LogP contribution is -2.40. The van der Waals surface area contributed by atoms with Crippen molar-refractivity contribution < 1.29 is 22.6 Å². The third-order valence-corrected chi connectivity index (χ3v) is 5.32. The van der Waals surface area contributed by atoms with Gasteiger partial charge in [-0.15, -0.1) is 0 Å². The van der Waals surface area contributed by atoms with E-state index >= 15 is 0 Å². The standard InChI is InChI=1S/C24H24N2O5S/c27-23(17-20-7-3-1-4-8-20)26(24(28)18-21-9-5-2-6-10-21)16-15-19-11-13-22(14-12-19)25-32(29,30)31/h1-14,25H,15-18H2,(H,29,30,31). The van der Waals surface area contributed by atoms with E-state index in [9.17, 15) is 18.0 Å². The first-order valence-electron chi connectivity index (χ1n) is 10.1. The van der Waals surface area contributed by atoms with Crippen molar-refractivity contribution in [3.05, 3.63) is 102 Å². The van der Waals surface area contributed by atoms with Gasteiger partial charge in [-0.1, -0.05) is 72.8 Å². The molecule has 32 heavy (non-hydrogen) atoms. The highest BCUT2D eigenvalue weighted by molar-refractivity contribution is 7.87. The Balaban J connectivity index is 1.71. The van der Waals surface area contributed by atoms with Crippen LogP contribution in [0, 0.1) is 0 Å². The number of imide groups is 1. The number of nitrogens with one attached hydrogen (secondary N) is 1. The maximum atomic E-state index is 13.0. The van der Waals surface area contributed by atoms with Crippen molar-refractivity contribution in [2.45, 2.75) is 19.3 Å². The van der Waals surface area contributed by atoms with Crippen LogP contribution in [0.2, 0.25) is 0 Å². The highest BCUT2D eigenvalue weighted by Crippen LogP contribution is 2.13. The quantitative estimate of drug-likeness (QED) is 0.485. The molecule has 0 aliphatic rings. The number of amides is 2. The Bertz CT molecular complexity index is 1090. The summed E-state index contributed by atoms with van der Waals surface area (Å²) in [6, 6.07) is 24.9. The van der Waals surface area contributed by atoms with Gasteiger partial charge in [-0.2, -0.15) is 8.42 Å². The van der Waals surface area contributed by atoms with Gasteiger partial charge >= 0.3 is 10.3 Å². The van der Waals surface area contributed by atoms with Gasteiger partial charge in [0.2, 0.25) is 11.8 Å². The highest BCUT2D eigenvalue weighted by atomic mass is 32.2. The fourth-order valence-corrected chi connectivity index (χ4v) is 3.68. The first kappa shape index (κ1) is 23.2. The van der Waals surface area contributed by atoms with Crippen molar-refractivity contribution in [3.8, 4) is 0 Å². The number of hydrogen-bond acceptors (Lipinski definition) is 4. The molecule has 3 aromatic rings. The van der Waals surface area contributed by atoms with Gasteiger partial charge in [-0.3, -0.25) is 23.8 Å². The van der Waals surface area contributed by atoms with Crippen LogP contribution in [0.5, 0.6) is 0 Å². The normalized spacial score (nSPS) is 11.0. The SMILES string of the molecule is O=C(Cc1ccccc1)N(CCc1ccc(NS(=O)(=O)O)cc1)C(=O)Cc1ccccc1. The van der Waals surface area contributed by atoms with Crippen LogP contribution in [-0.2, 0) is 39.2 Å². The third kappa shape index (κ3) is 7.33. The van der Waals surface area contributed by atoms with E-state index in [0.29, 0.717) is 6.42 Å². The van der Waals surface area contributed by atoms with Gasteiger partial charge in [-0.25, -0.2) is 0 Å². The molecule has 0 aliphatic heterocycles. The van der Waals surface area contributed by atoms with E-state index in [-0.39, 0.29) is 36.9 Å². The van der Waals surface area contributed by atoms with E-state index in [0.717, 1.165) is 16.7 Å². The Morgan fingerprint density at radius 3 is 1.62 bits per heavy atom. The van der Waals surface area contributed by atoms with Crippen molar-refractivity contribution in [1.82, 2.24) is 4.90 Å². The van der Waals surface area contributed by atoms with Gasteiger partial charge in [0.15, 0.2) is 0 Å². The van der Waals surface area contributed by atoms with Gasteiger partial charge < -0.3 is 0 Å². The number of carbonyl (C=O) groups is 2. The Labute approximate surface area is 187 Å². The Kier molecular flexibility index (Phi) is 7.75. The first-order chi connectivity index (χ1) is 15.3. The zero-order valence-corrected chi connectivity index (χ0v) is 18.2. The van der Waals surface area contributed by atoms with Gasteiger partial charge in [0.25, 0.3) is 0 Å². The minimum absolute atomic E-state index is 0.124. The van der Waals surface area contributed by atoms with E-state index in [1.54, 1.807) is 12.1 Å². The number of anilines is 1. The molecule has 2 amide bonds. The number of carbonyl (C=O) groups excluding carboxylic acids is 2. The van der Waals surface area contributed by atoms with Gasteiger partial charge in [0.05, 0.1) is 18.5 Å². The van der Waals surface area contributed by atoms with E-state index in [2.05, 4.69) is 0 Å². The summed E-state index contributed by atoms with van der Waals surface area (Å²) in [7, 11) is -4.35. The third-order valence-electron chi connectivity index (χ3n) is 4.82. The van der Waals surface area contributed by atoms with Crippen LogP contribution >= 0.6 is 0 Å². The number of hydrogen-bond donors (Lipinski definition) is 2. The molecular formula is C24H24N2O5S. The van der Waals surface area contributed by atoms with Crippen molar-refractivity contribution in [3.63, 3.8) is 0 Å². The van der Waals surface area contributed by atoms with E-state index in [1.165, 1.54) is 17.0 Å². The molecule has 0 spiro atoms. The van der Waals surface area contributed by atoms with Crippen LogP contribution in [0.4, 0.5) is 5.69 Å². The van der Waals surface area contributed by atoms with Crippen LogP contribution in [0.25, 0.3) is 0 Å². The Morgan fingerprint density at radius 1 is 0.719 bits per heavy atom. The molecule has 2 N–H and O–H groups in total. The van der Waals surface area contributed by atoms with Crippen molar-refractivity contribution in [2.75, 3.05) is 11.3 Å². The maximum absolute atomic E-state index is 13.0. The van der Waals surface area contributed by atoms with E-state index < -0.39 is 10.3 Å². The summed E-state index contributed by atoms with van der Waals surface area (Å²) in [4.78, 5) is 27.2. The summed E-state index contributed by atoms with van der Waals surface area (Å²) < 4.78 is 32.7. The lowest BCUT2D eigenvalue weighted by atomic mass is 10.1. The van der Waals surface area contributed by atoms with Crippen molar-refractivity contribution in [2.24, 2.45) is 0 Å². The average Bonchev–Trinajstić information content (AvgIpc) is 2.75. The molecule has 0 unspecified atom stereocenters. The fourth-order valence-electron chi connectivity index (χ4n) is 3.25. The van der Waals surface area contributed by atoms with Crippen LogP contribution in [0.3, 0.4) is 0 Å². The van der Waals surface area contributed by atoms with E-state index in [1.807, 2.05) is 65.4 Å². The second kappa shape index (κ2) is 10.7. The van der Waals surface area contributed by atoms with Crippen LogP contribution in [-0.4, -0.2) is 36.2 Å². The van der Waals surface area contributed by atoms with Gasteiger partial charge in [-0.05, 0) is 35.2 Å². The Hall–Kier alpha value is -3.49. The lowest BCUT2D eigenvalue weighted by Gasteiger charge is -2.21. The lowest BCUT2D eigenvalue weighted by molar-refractivity contribution is -0.144. The Morgan fingerprint density at radius 2 is 1.19 bits per heavy atom. The minimum atomic E-state index is -4.35. The van der Waals surface area contributed by atoms with Crippen molar-refractivity contribution in [1.29, 1.82) is 0 Å². The fraction of sp³-hybridized carbons (Fsp3) is 0.167. The zero-order valence-electron chi connectivity index (χ0n) is 17.3. The van der Waals surface area contributed by atoms with E-state index in [4.69, 9.17) is 4.55 Å². The predicted molar refractivity (Wildman–Crippen MR) is 122 cm³/mol. The zero-order chi connectivity index (χ0) is 23.0. The monoisotopic (exact) mass is 452 g/mol. The number of benzene rings is 3. The summed E-state index contributed by atoms with van der Waals surface area (Å²) in [6.07, 6.45) is 0.657. The molecule has 166 valence electrons. The summed E-state index contributed by atoms with van der Waals surface area (Å²) in [5.41, 5.74) is 2.69. The summed E-state index contributed by atoms with van der Waals surface area (Å²) >= 11 is 0. The molecule has 0 fully saturated rings. The summed E-state index contributed by atoms with van der Waals surface area (Å²) in [6.45, 7) is 0.197. The molecule has 0 radical (unpaired) electrons. The van der Waals surface area contributed by atoms with Crippen LogP contribution in [0.1, 0.15) is 16.7 Å². The molecule has 3 aromatic carbocycles. The molecule has 8 heteroatoms. The largest absolute Gasteiger partial charge is 0.357 e. The molecule has 0 saturated carbocycles. The topological polar surface area (TPSA) is 104 Å². The smallest absolute Gasteiger partial charge is 0.282 e. The second-order valence-corrected chi connectivity index (χ2v) is 8.44. The van der Waals surface area contributed by atoms with Gasteiger partial charge in [0.1, 0.15) is 0 Å². The van der Waals surface area contributed by atoms with Crippen molar-refractivity contribution >= 4 is 27.8 Å². The molecule has 0 atom stereocenters. The first-order valence-corrected chi connectivity index (χ1v) is 11.5. The highest BCUT2D eigenvalue weighted by Gasteiger charge is 2.21. The molecule has 3 rings (SSSR count). The molecule has 0 saturated heterocycles. The molecule has 0 aromatic heterocycles. The molecule has 0 aliphatic carbocycles. The summed E-state index contributed by atoms with van der Waals surface area (Å²) in [5.74, 6) is -0.552. The number of nitrogens with zero attached hydrogens (tertiary/aromatic N) is 1. The maximum Gasteiger partial charge on any atom is 0.357 e. The predicted octanol–water partition coefficient (Wildman–Crippen LogP) is 3.28.